The van der Waals surface area contributed by atoms with Crippen LogP contribution >= 0.6 is 0 Å². The molecule has 4 rings (SSSR count). The Morgan fingerprint density at radius 2 is 2.17 bits per heavy atom. The molecule has 0 atom stereocenters. The van der Waals surface area contributed by atoms with Gasteiger partial charge in [0, 0.05) is 11.2 Å². The van der Waals surface area contributed by atoms with E-state index in [-0.39, 0.29) is 22.6 Å². The van der Waals surface area contributed by atoms with Crippen molar-refractivity contribution in [1.29, 1.82) is 0 Å². The second kappa shape index (κ2) is 5.38. The fourth-order valence-corrected chi connectivity index (χ4v) is 2.82. The van der Waals surface area contributed by atoms with Gasteiger partial charge in [0.1, 0.15) is 11.1 Å². The largest absolute Gasteiger partial charge is 0.442 e. The van der Waals surface area contributed by atoms with Crippen LogP contribution in [0.4, 0.5) is 0 Å². The third-order valence-electron chi connectivity index (χ3n) is 3.92. The molecule has 0 aliphatic rings. The van der Waals surface area contributed by atoms with Crippen molar-refractivity contribution in [2.24, 2.45) is 0 Å². The molecule has 4 aromatic rings. The number of amides is 1. The van der Waals surface area contributed by atoms with Crippen molar-refractivity contribution in [3.05, 3.63) is 64.0 Å². The van der Waals surface area contributed by atoms with E-state index in [1.54, 1.807) is 6.92 Å². The molecule has 0 aliphatic heterocycles. The molecule has 0 unspecified atom stereocenters. The van der Waals surface area contributed by atoms with Crippen LogP contribution in [0, 0.1) is 6.92 Å². The van der Waals surface area contributed by atoms with Crippen LogP contribution in [-0.2, 0) is 6.54 Å². The lowest BCUT2D eigenvalue weighted by Crippen LogP contribution is -2.24. The summed E-state index contributed by atoms with van der Waals surface area (Å²) >= 11 is 0. The molecule has 0 fully saturated rings. The number of rotatable bonds is 3. The number of furan rings is 1. The van der Waals surface area contributed by atoms with Crippen LogP contribution in [0.5, 0.6) is 0 Å². The maximum Gasteiger partial charge on any atom is 0.262 e. The third kappa shape index (κ3) is 2.26. The van der Waals surface area contributed by atoms with Crippen LogP contribution in [0.2, 0.25) is 0 Å². The highest BCUT2D eigenvalue weighted by molar-refractivity contribution is 6.06. The molecule has 3 aromatic heterocycles. The predicted octanol–water partition coefficient (Wildman–Crippen LogP) is 2.24. The highest BCUT2D eigenvalue weighted by Crippen LogP contribution is 2.20. The van der Waals surface area contributed by atoms with Crippen LogP contribution in [0.3, 0.4) is 0 Å². The molecule has 0 saturated heterocycles. The Hall–Kier alpha value is -3.35. The average molecular weight is 322 g/mol. The number of nitrogens with zero attached hydrogens (tertiary/aromatic N) is 1. The maximum atomic E-state index is 12.5. The number of hydrogen-bond acceptors (Lipinski definition) is 4. The van der Waals surface area contributed by atoms with Gasteiger partial charge >= 0.3 is 0 Å². The highest BCUT2D eigenvalue weighted by atomic mass is 16.3. The van der Waals surface area contributed by atoms with Gasteiger partial charge in [0.15, 0.2) is 0 Å². The number of fused-ring (bicyclic) bond motifs is 2. The fourth-order valence-electron chi connectivity index (χ4n) is 2.82. The number of nitrogens with one attached hydrogen (secondary N) is 3. The highest BCUT2D eigenvalue weighted by Gasteiger charge is 2.21. The van der Waals surface area contributed by atoms with Gasteiger partial charge in [0.05, 0.1) is 18.4 Å². The summed E-state index contributed by atoms with van der Waals surface area (Å²) in [4.78, 5) is 34.1. The normalized spacial score (nSPS) is 11.2. The zero-order chi connectivity index (χ0) is 16.7. The smallest absolute Gasteiger partial charge is 0.262 e. The first-order chi connectivity index (χ1) is 11.6. The molecule has 3 heterocycles. The average Bonchev–Trinajstić information content (AvgIpc) is 3.13. The summed E-state index contributed by atoms with van der Waals surface area (Å²) in [7, 11) is 0. The third-order valence-corrected chi connectivity index (χ3v) is 3.92. The Morgan fingerprint density at radius 3 is 3.00 bits per heavy atom. The first-order valence-corrected chi connectivity index (χ1v) is 7.45. The van der Waals surface area contributed by atoms with Gasteiger partial charge in [0.2, 0.25) is 5.71 Å². The van der Waals surface area contributed by atoms with E-state index in [4.69, 9.17) is 4.42 Å². The Morgan fingerprint density at radius 1 is 1.33 bits per heavy atom. The second-order valence-electron chi connectivity index (χ2n) is 5.51. The number of carbonyl (C=O) groups is 1. The molecule has 1 aromatic carbocycles. The zero-order valence-corrected chi connectivity index (χ0v) is 12.8. The number of hydrogen-bond donors (Lipinski definition) is 3. The molecular formula is C17H14N4O3. The molecule has 0 bridgehead atoms. The molecule has 24 heavy (non-hydrogen) atoms. The quantitative estimate of drug-likeness (QED) is 0.538. The van der Waals surface area contributed by atoms with Gasteiger partial charge in [-0.25, -0.2) is 4.98 Å². The van der Waals surface area contributed by atoms with Crippen molar-refractivity contribution >= 4 is 27.9 Å². The Bertz CT molecular complexity index is 1090. The minimum absolute atomic E-state index is 0.159. The van der Waals surface area contributed by atoms with E-state index in [1.807, 2.05) is 30.3 Å². The van der Waals surface area contributed by atoms with Crippen LogP contribution in [-0.4, -0.2) is 20.9 Å². The van der Waals surface area contributed by atoms with Crippen molar-refractivity contribution < 1.29 is 9.21 Å². The van der Waals surface area contributed by atoms with Crippen LogP contribution in [0.25, 0.3) is 22.0 Å². The van der Waals surface area contributed by atoms with Crippen molar-refractivity contribution in [2.75, 3.05) is 0 Å². The van der Waals surface area contributed by atoms with E-state index in [0.29, 0.717) is 12.3 Å². The lowest BCUT2D eigenvalue weighted by atomic mass is 10.2. The monoisotopic (exact) mass is 322 g/mol. The Labute approximate surface area is 135 Å². The molecule has 120 valence electrons. The van der Waals surface area contributed by atoms with Crippen molar-refractivity contribution in [3.8, 4) is 0 Å². The number of aromatic nitrogens is 3. The van der Waals surface area contributed by atoms with Crippen LogP contribution < -0.4 is 10.9 Å². The number of aromatic amines is 2. The molecular weight excluding hydrogens is 308 g/mol. The summed E-state index contributed by atoms with van der Waals surface area (Å²) < 4.78 is 5.40. The summed E-state index contributed by atoms with van der Waals surface area (Å²) in [6.07, 6.45) is 1.25. The predicted molar refractivity (Wildman–Crippen MR) is 88.8 cm³/mol. The van der Waals surface area contributed by atoms with E-state index in [0.717, 1.165) is 16.6 Å². The van der Waals surface area contributed by atoms with Crippen molar-refractivity contribution in [2.45, 2.75) is 13.5 Å². The van der Waals surface area contributed by atoms with Crippen molar-refractivity contribution in [3.63, 3.8) is 0 Å². The molecule has 1 amide bonds. The SMILES string of the molecule is Cc1oc2nc[nH]c(=O)c2c1C(=O)NCc1cc2ccccc2[nH]1. The standard InChI is InChI=1S/C17H14N4O3/c1-9-13(14-16(23)19-8-20-17(14)24-9)15(22)18-7-11-6-10-4-2-3-5-12(10)21-11/h2-6,8,21H,7H2,1H3,(H,18,22)(H,19,20,23). The summed E-state index contributed by atoms with van der Waals surface area (Å²) in [6, 6.07) is 9.85. The fraction of sp³-hybridized carbons (Fsp3) is 0.118. The van der Waals surface area contributed by atoms with E-state index in [2.05, 4.69) is 20.3 Å². The molecule has 3 N–H and O–H groups in total. The Kier molecular flexibility index (Phi) is 3.19. The lowest BCUT2D eigenvalue weighted by Gasteiger charge is -2.03. The minimum Gasteiger partial charge on any atom is -0.442 e. The summed E-state index contributed by atoms with van der Waals surface area (Å²) in [5.41, 5.74) is 1.87. The maximum absolute atomic E-state index is 12.5. The second-order valence-corrected chi connectivity index (χ2v) is 5.51. The number of carbonyl (C=O) groups excluding carboxylic acids is 1. The first-order valence-electron chi connectivity index (χ1n) is 7.45. The van der Waals surface area contributed by atoms with Gasteiger partial charge in [-0.2, -0.15) is 0 Å². The molecule has 0 aliphatic carbocycles. The van der Waals surface area contributed by atoms with Gasteiger partial charge in [0.25, 0.3) is 11.5 Å². The van der Waals surface area contributed by atoms with Gasteiger partial charge in [-0.05, 0) is 24.4 Å². The Balaban J connectivity index is 1.63. The number of aryl methyl sites for hydroxylation is 1. The molecule has 7 heteroatoms. The first kappa shape index (κ1) is 14.3. The van der Waals surface area contributed by atoms with Gasteiger partial charge in [-0.1, -0.05) is 18.2 Å². The lowest BCUT2D eigenvalue weighted by molar-refractivity contribution is 0.0950. The number of H-pyrrole nitrogens is 2. The molecule has 0 spiro atoms. The van der Waals surface area contributed by atoms with Crippen molar-refractivity contribution in [1.82, 2.24) is 20.3 Å². The zero-order valence-electron chi connectivity index (χ0n) is 12.8. The van der Waals surface area contributed by atoms with E-state index in [1.165, 1.54) is 6.33 Å². The molecule has 7 nitrogen and oxygen atoms in total. The minimum atomic E-state index is -0.396. The molecule has 0 radical (unpaired) electrons. The number of para-hydroxylation sites is 1. The van der Waals surface area contributed by atoms with Gasteiger partial charge in [-0.15, -0.1) is 0 Å². The summed E-state index contributed by atoms with van der Waals surface area (Å²) in [5, 5.41) is 4.06. The molecule has 0 saturated carbocycles. The summed E-state index contributed by atoms with van der Waals surface area (Å²) in [6.45, 7) is 1.96. The van der Waals surface area contributed by atoms with Gasteiger partial charge in [-0.3, -0.25) is 9.59 Å². The van der Waals surface area contributed by atoms with E-state index >= 15 is 0 Å². The van der Waals surface area contributed by atoms with E-state index < -0.39 is 5.56 Å². The summed E-state index contributed by atoms with van der Waals surface area (Å²) in [5.74, 6) is -0.00764. The van der Waals surface area contributed by atoms with E-state index in [9.17, 15) is 9.59 Å². The van der Waals surface area contributed by atoms with Crippen LogP contribution in [0.15, 0.2) is 45.9 Å². The van der Waals surface area contributed by atoms with Gasteiger partial charge < -0.3 is 19.7 Å². The topological polar surface area (TPSA) is 104 Å². The number of benzene rings is 1. The van der Waals surface area contributed by atoms with Crippen LogP contribution in [0.1, 0.15) is 21.8 Å².